The molecule has 21 heavy (non-hydrogen) atoms. The van der Waals surface area contributed by atoms with Gasteiger partial charge in [0.15, 0.2) is 5.84 Å². The summed E-state index contributed by atoms with van der Waals surface area (Å²) in [7, 11) is 1.51. The van der Waals surface area contributed by atoms with Crippen LogP contribution in [0.5, 0.6) is 5.75 Å². The molecule has 1 aromatic rings. The zero-order valence-electron chi connectivity index (χ0n) is 12.5. The predicted molar refractivity (Wildman–Crippen MR) is 80.2 cm³/mol. The van der Waals surface area contributed by atoms with Crippen LogP contribution in [0.25, 0.3) is 0 Å². The molecule has 1 rings (SSSR count). The number of primary amides is 1. The molecule has 0 unspecified atom stereocenters. The lowest BCUT2D eigenvalue weighted by Crippen LogP contribution is -2.42. The molecule has 116 valence electrons. The standard InChI is InChI=1S/C14H22N4O3/c1-14(2,7-12(15)19)17-8-9-4-5-11(21-3)10(6-9)13(16)18-20/h4-6,17,20H,7-8H2,1-3H3,(H2,15,19)(H2,16,18). The van der Waals surface area contributed by atoms with Crippen LogP contribution in [0.15, 0.2) is 23.4 Å². The lowest BCUT2D eigenvalue weighted by atomic mass is 9.99. The van der Waals surface area contributed by atoms with Gasteiger partial charge in [0.1, 0.15) is 5.75 Å². The Bertz CT molecular complexity index is 541. The smallest absolute Gasteiger partial charge is 0.219 e. The van der Waals surface area contributed by atoms with Crippen LogP contribution >= 0.6 is 0 Å². The molecule has 0 heterocycles. The van der Waals surface area contributed by atoms with Crippen LogP contribution in [0.4, 0.5) is 0 Å². The molecule has 0 aliphatic heterocycles. The highest BCUT2D eigenvalue weighted by atomic mass is 16.5. The molecule has 1 aromatic carbocycles. The van der Waals surface area contributed by atoms with Gasteiger partial charge >= 0.3 is 0 Å². The van der Waals surface area contributed by atoms with Crippen LogP contribution < -0.4 is 21.5 Å². The number of nitrogens with zero attached hydrogens (tertiary/aromatic N) is 1. The van der Waals surface area contributed by atoms with Gasteiger partial charge in [-0.05, 0) is 31.5 Å². The summed E-state index contributed by atoms with van der Waals surface area (Å²) in [5.74, 6) is 0.134. The molecule has 0 bridgehead atoms. The Labute approximate surface area is 123 Å². The number of amides is 1. The van der Waals surface area contributed by atoms with Gasteiger partial charge in [0.05, 0.1) is 12.7 Å². The Morgan fingerprint density at radius 2 is 2.10 bits per heavy atom. The molecule has 0 atom stereocenters. The summed E-state index contributed by atoms with van der Waals surface area (Å²) >= 11 is 0. The third-order valence-electron chi connectivity index (χ3n) is 3.03. The Kier molecular flexibility index (Phi) is 5.54. The number of carbonyl (C=O) groups is 1. The van der Waals surface area contributed by atoms with E-state index < -0.39 is 5.54 Å². The monoisotopic (exact) mass is 294 g/mol. The Hall–Kier alpha value is -2.28. The number of hydrogen-bond donors (Lipinski definition) is 4. The van der Waals surface area contributed by atoms with Gasteiger partial charge in [0.2, 0.25) is 5.91 Å². The summed E-state index contributed by atoms with van der Waals surface area (Å²) in [6.45, 7) is 4.30. The Balaban J connectivity index is 2.88. The van der Waals surface area contributed by atoms with E-state index in [-0.39, 0.29) is 18.2 Å². The van der Waals surface area contributed by atoms with Gasteiger partial charge in [-0.2, -0.15) is 0 Å². The van der Waals surface area contributed by atoms with Crippen LogP contribution in [-0.2, 0) is 11.3 Å². The van der Waals surface area contributed by atoms with E-state index in [4.69, 9.17) is 21.4 Å². The second-order valence-electron chi connectivity index (χ2n) is 5.40. The molecule has 0 saturated heterocycles. The summed E-state index contributed by atoms with van der Waals surface area (Å²) in [6.07, 6.45) is 0.232. The molecule has 0 aliphatic rings. The molecule has 0 radical (unpaired) electrons. The van der Waals surface area contributed by atoms with E-state index in [1.807, 2.05) is 19.9 Å². The summed E-state index contributed by atoms with van der Waals surface area (Å²) in [6, 6.07) is 5.37. The Morgan fingerprint density at radius 1 is 1.43 bits per heavy atom. The van der Waals surface area contributed by atoms with Crippen LogP contribution in [0.2, 0.25) is 0 Å². The zero-order valence-corrected chi connectivity index (χ0v) is 12.5. The van der Waals surface area contributed by atoms with E-state index in [0.29, 0.717) is 17.9 Å². The van der Waals surface area contributed by atoms with Gasteiger partial charge in [-0.1, -0.05) is 11.2 Å². The van der Waals surface area contributed by atoms with Crippen molar-refractivity contribution in [3.05, 3.63) is 29.3 Å². The van der Waals surface area contributed by atoms with E-state index in [2.05, 4.69) is 10.5 Å². The zero-order chi connectivity index (χ0) is 16.0. The van der Waals surface area contributed by atoms with Gasteiger partial charge in [0, 0.05) is 18.5 Å². The van der Waals surface area contributed by atoms with Crippen LogP contribution in [0.3, 0.4) is 0 Å². The first-order chi connectivity index (χ1) is 9.79. The van der Waals surface area contributed by atoms with Crippen molar-refractivity contribution in [2.45, 2.75) is 32.4 Å². The first-order valence-corrected chi connectivity index (χ1v) is 6.47. The number of ether oxygens (including phenoxy) is 1. The number of benzene rings is 1. The molecular formula is C14H22N4O3. The fraction of sp³-hybridized carbons (Fsp3) is 0.429. The average molecular weight is 294 g/mol. The number of nitrogens with two attached hydrogens (primary N) is 2. The Morgan fingerprint density at radius 3 is 2.62 bits per heavy atom. The lowest BCUT2D eigenvalue weighted by Gasteiger charge is -2.25. The lowest BCUT2D eigenvalue weighted by molar-refractivity contribution is -0.119. The van der Waals surface area contributed by atoms with Crippen molar-refractivity contribution in [3.63, 3.8) is 0 Å². The van der Waals surface area contributed by atoms with E-state index in [1.165, 1.54) is 7.11 Å². The van der Waals surface area contributed by atoms with E-state index in [9.17, 15) is 4.79 Å². The fourth-order valence-electron chi connectivity index (χ4n) is 1.96. The van der Waals surface area contributed by atoms with Crippen LogP contribution in [0, 0.1) is 0 Å². The van der Waals surface area contributed by atoms with Gasteiger partial charge in [-0.15, -0.1) is 0 Å². The number of oxime groups is 1. The highest BCUT2D eigenvalue weighted by Gasteiger charge is 2.20. The number of nitrogens with one attached hydrogen (secondary N) is 1. The van der Waals surface area contributed by atoms with E-state index in [1.54, 1.807) is 12.1 Å². The third-order valence-corrected chi connectivity index (χ3v) is 3.03. The summed E-state index contributed by atoms with van der Waals surface area (Å²) in [5.41, 5.74) is 11.8. The highest BCUT2D eigenvalue weighted by molar-refractivity contribution is 5.99. The topological polar surface area (TPSA) is 123 Å². The molecule has 0 spiro atoms. The first-order valence-electron chi connectivity index (χ1n) is 6.47. The summed E-state index contributed by atoms with van der Waals surface area (Å²) in [5, 5.41) is 15.0. The quantitative estimate of drug-likeness (QED) is 0.253. The maximum Gasteiger partial charge on any atom is 0.219 e. The number of amidine groups is 1. The van der Waals surface area contributed by atoms with Crippen LogP contribution in [0.1, 0.15) is 31.4 Å². The van der Waals surface area contributed by atoms with Crippen molar-refractivity contribution >= 4 is 11.7 Å². The summed E-state index contributed by atoms with van der Waals surface area (Å²) in [4.78, 5) is 11.0. The largest absolute Gasteiger partial charge is 0.496 e. The molecule has 0 fully saturated rings. The minimum atomic E-state index is -0.414. The third kappa shape index (κ3) is 4.96. The van der Waals surface area contributed by atoms with Gasteiger partial charge < -0.3 is 26.7 Å². The normalized spacial score (nSPS) is 12.2. The number of methoxy groups -OCH3 is 1. The highest BCUT2D eigenvalue weighted by Crippen LogP contribution is 2.20. The van der Waals surface area contributed by atoms with Crippen molar-refractivity contribution in [1.82, 2.24) is 5.32 Å². The average Bonchev–Trinajstić information content (AvgIpc) is 2.42. The van der Waals surface area contributed by atoms with Crippen molar-refractivity contribution in [1.29, 1.82) is 0 Å². The molecule has 7 heteroatoms. The molecule has 0 aromatic heterocycles. The molecule has 0 aliphatic carbocycles. The van der Waals surface area contributed by atoms with Crippen molar-refractivity contribution in [2.75, 3.05) is 7.11 Å². The minimum absolute atomic E-state index is 0.0231. The van der Waals surface area contributed by atoms with E-state index in [0.717, 1.165) is 5.56 Å². The fourth-order valence-corrected chi connectivity index (χ4v) is 1.96. The van der Waals surface area contributed by atoms with Gasteiger partial charge in [-0.25, -0.2) is 0 Å². The SMILES string of the molecule is COc1ccc(CNC(C)(C)CC(N)=O)cc1/C(N)=N/O. The minimum Gasteiger partial charge on any atom is -0.496 e. The first kappa shape index (κ1) is 16.8. The maximum absolute atomic E-state index is 11.0. The van der Waals surface area contributed by atoms with Crippen molar-refractivity contribution in [2.24, 2.45) is 16.6 Å². The van der Waals surface area contributed by atoms with Gasteiger partial charge in [-0.3, -0.25) is 4.79 Å². The molecule has 1 amide bonds. The second-order valence-corrected chi connectivity index (χ2v) is 5.40. The van der Waals surface area contributed by atoms with E-state index >= 15 is 0 Å². The second kappa shape index (κ2) is 6.94. The molecule has 6 N–H and O–H groups in total. The van der Waals surface area contributed by atoms with Crippen LogP contribution in [-0.4, -0.2) is 29.6 Å². The molecule has 0 saturated carbocycles. The van der Waals surface area contributed by atoms with Gasteiger partial charge in [0.25, 0.3) is 0 Å². The molecule has 7 nitrogen and oxygen atoms in total. The van der Waals surface area contributed by atoms with Crippen molar-refractivity contribution < 1.29 is 14.7 Å². The summed E-state index contributed by atoms with van der Waals surface area (Å²) < 4.78 is 5.17. The number of rotatable bonds is 7. The van der Waals surface area contributed by atoms with Crippen molar-refractivity contribution in [3.8, 4) is 5.75 Å². The number of hydrogen-bond acceptors (Lipinski definition) is 5. The maximum atomic E-state index is 11.0. The molecular weight excluding hydrogens is 272 g/mol. The predicted octanol–water partition coefficient (Wildman–Crippen LogP) is 0.533. The number of carbonyl (C=O) groups excluding carboxylic acids is 1.